The monoisotopic (exact) mass is 530 g/mol. The van der Waals surface area contributed by atoms with Crippen molar-refractivity contribution in [1.82, 2.24) is 4.90 Å². The lowest BCUT2D eigenvalue weighted by Crippen LogP contribution is -2.61. The molecular formula is C27H28Cl2N2O3S. The van der Waals surface area contributed by atoms with Crippen LogP contribution in [0.15, 0.2) is 48.6 Å². The lowest BCUT2D eigenvalue weighted by Gasteiger charge is -2.49. The van der Waals surface area contributed by atoms with E-state index < -0.39 is 23.0 Å². The first-order valence-corrected chi connectivity index (χ1v) is 12.6. The van der Waals surface area contributed by atoms with Gasteiger partial charge in [0.2, 0.25) is 5.91 Å². The number of rotatable bonds is 4. The molecule has 2 aliphatic rings. The maximum Gasteiger partial charge on any atom is 0.326 e. The molecule has 184 valence electrons. The number of carbonyl (C=O) groups is 2. The molecule has 0 radical (unpaired) electrons. The maximum atomic E-state index is 13.8. The zero-order valence-electron chi connectivity index (χ0n) is 20.2. The Morgan fingerprint density at radius 3 is 2.60 bits per heavy atom. The number of likely N-dealkylation sites (tertiary alicyclic amines) is 1. The van der Waals surface area contributed by atoms with Gasteiger partial charge in [-0.15, -0.1) is 0 Å². The minimum Gasteiger partial charge on any atom is -0.459 e. The van der Waals surface area contributed by atoms with Gasteiger partial charge in [0.05, 0.1) is 11.0 Å². The van der Waals surface area contributed by atoms with Crippen LogP contribution in [0.5, 0.6) is 0 Å². The van der Waals surface area contributed by atoms with Gasteiger partial charge in [-0.05, 0) is 75.9 Å². The first-order chi connectivity index (χ1) is 16.3. The molecule has 2 aliphatic heterocycles. The number of hydrogen-bond acceptors (Lipinski definition) is 4. The Balaban J connectivity index is 1.90. The van der Waals surface area contributed by atoms with E-state index >= 15 is 0 Å². The summed E-state index contributed by atoms with van der Waals surface area (Å²) in [5.41, 5.74) is 2.19. The molecule has 2 heterocycles. The van der Waals surface area contributed by atoms with E-state index in [1.165, 1.54) is 0 Å². The summed E-state index contributed by atoms with van der Waals surface area (Å²) in [6, 6.07) is 10.5. The van der Waals surface area contributed by atoms with E-state index in [1.54, 1.807) is 17.0 Å². The summed E-state index contributed by atoms with van der Waals surface area (Å²) in [5.74, 6) is -0.573. The molecule has 35 heavy (non-hydrogen) atoms. The summed E-state index contributed by atoms with van der Waals surface area (Å²) < 4.78 is 5.58. The van der Waals surface area contributed by atoms with Crippen molar-refractivity contribution in [2.24, 2.45) is 0 Å². The summed E-state index contributed by atoms with van der Waals surface area (Å²) in [7, 11) is 0. The van der Waals surface area contributed by atoms with Crippen LogP contribution >= 0.6 is 35.4 Å². The van der Waals surface area contributed by atoms with Crippen LogP contribution in [0.2, 0.25) is 10.0 Å². The molecule has 0 saturated carbocycles. The Morgan fingerprint density at radius 1 is 1.26 bits per heavy atom. The Bertz CT molecular complexity index is 1250. The van der Waals surface area contributed by atoms with Gasteiger partial charge < -0.3 is 15.0 Å². The Kier molecular flexibility index (Phi) is 6.77. The molecule has 1 spiro atoms. The standard InChI is InChI=1S/C27H28Cl2N2O3S/c1-15(2)24-27(10-9-21(35)31(24)14-22(32)34-26(3,4)5)23-19(16-7-6-8-17(28)11-16)12-18(29)13-20(23)30-25(27)33/h6-8,11-13,24H,1,9-10,14H2,2-5H3,(H,30,33)/t24-,27-/m1/s1. The van der Waals surface area contributed by atoms with Crippen molar-refractivity contribution < 1.29 is 14.3 Å². The predicted molar refractivity (Wildman–Crippen MR) is 145 cm³/mol. The SMILES string of the molecule is C=C(C)[C@H]1N(CC(=O)OC(C)(C)C)C(=S)CC[C@]12C(=O)Nc1cc(Cl)cc(-c3cccc(Cl)c3)c12. The molecule has 2 aromatic rings. The zero-order chi connectivity index (χ0) is 25.7. The zero-order valence-corrected chi connectivity index (χ0v) is 22.5. The van der Waals surface area contributed by atoms with Crippen LogP contribution in [0.3, 0.4) is 0 Å². The van der Waals surface area contributed by atoms with Crippen molar-refractivity contribution in [2.75, 3.05) is 11.9 Å². The molecule has 1 N–H and O–H groups in total. The van der Waals surface area contributed by atoms with E-state index in [2.05, 4.69) is 11.9 Å². The van der Waals surface area contributed by atoms with E-state index in [9.17, 15) is 9.59 Å². The summed E-state index contributed by atoms with van der Waals surface area (Å²) >= 11 is 18.5. The van der Waals surface area contributed by atoms with Crippen LogP contribution < -0.4 is 5.32 Å². The molecule has 4 rings (SSSR count). The number of carbonyl (C=O) groups excluding carboxylic acids is 2. The molecule has 0 unspecified atom stereocenters. The van der Waals surface area contributed by atoms with Crippen molar-refractivity contribution >= 4 is 58.0 Å². The molecule has 1 amide bonds. The highest BCUT2D eigenvalue weighted by Crippen LogP contribution is 2.53. The molecule has 0 aliphatic carbocycles. The van der Waals surface area contributed by atoms with E-state index in [0.29, 0.717) is 33.6 Å². The first-order valence-electron chi connectivity index (χ1n) is 11.4. The van der Waals surface area contributed by atoms with Gasteiger partial charge in [0.15, 0.2) is 0 Å². The van der Waals surface area contributed by atoms with Crippen molar-refractivity contribution in [3.8, 4) is 11.1 Å². The number of halogens is 2. The van der Waals surface area contributed by atoms with E-state index in [0.717, 1.165) is 22.3 Å². The molecule has 8 heteroatoms. The van der Waals surface area contributed by atoms with Crippen LogP contribution in [-0.4, -0.2) is 40.0 Å². The van der Waals surface area contributed by atoms with Gasteiger partial charge in [-0.2, -0.15) is 0 Å². The van der Waals surface area contributed by atoms with E-state index in [-0.39, 0.29) is 12.5 Å². The largest absolute Gasteiger partial charge is 0.459 e. The average molecular weight is 532 g/mol. The minimum absolute atomic E-state index is 0.0713. The maximum absolute atomic E-state index is 13.8. The van der Waals surface area contributed by atoms with Crippen molar-refractivity contribution in [1.29, 1.82) is 0 Å². The van der Waals surface area contributed by atoms with Gasteiger partial charge in [-0.1, -0.05) is 59.7 Å². The topological polar surface area (TPSA) is 58.6 Å². The fourth-order valence-electron chi connectivity index (χ4n) is 5.29. The lowest BCUT2D eigenvalue weighted by atomic mass is 9.65. The first kappa shape index (κ1) is 25.7. The van der Waals surface area contributed by atoms with Gasteiger partial charge in [0.1, 0.15) is 17.6 Å². The second kappa shape index (κ2) is 9.23. The molecule has 1 fully saturated rings. The molecule has 1 saturated heterocycles. The molecule has 2 atom stereocenters. The lowest BCUT2D eigenvalue weighted by molar-refractivity contribution is -0.156. The molecular weight excluding hydrogens is 503 g/mol. The third-order valence-corrected chi connectivity index (χ3v) is 7.25. The van der Waals surface area contributed by atoms with Gasteiger partial charge >= 0.3 is 5.97 Å². The fourth-order valence-corrected chi connectivity index (χ4v) is 5.97. The number of hydrogen-bond donors (Lipinski definition) is 1. The second-order valence-corrected chi connectivity index (χ2v) is 11.5. The number of amides is 1. The van der Waals surface area contributed by atoms with Gasteiger partial charge in [0, 0.05) is 21.3 Å². The summed E-state index contributed by atoms with van der Waals surface area (Å²) in [6.45, 7) is 11.5. The highest BCUT2D eigenvalue weighted by Gasteiger charge is 2.58. The van der Waals surface area contributed by atoms with Crippen molar-refractivity contribution in [2.45, 2.75) is 57.6 Å². The third-order valence-electron chi connectivity index (χ3n) is 6.36. The smallest absolute Gasteiger partial charge is 0.326 e. The van der Waals surface area contributed by atoms with E-state index in [4.69, 9.17) is 40.2 Å². The number of ether oxygens (including phenoxy) is 1. The van der Waals surface area contributed by atoms with E-state index in [1.807, 2.05) is 52.0 Å². The predicted octanol–water partition coefficient (Wildman–Crippen LogP) is 6.56. The molecule has 2 aromatic carbocycles. The molecule has 5 nitrogen and oxygen atoms in total. The second-order valence-electron chi connectivity index (χ2n) is 10.2. The number of benzene rings is 2. The molecule has 0 bridgehead atoms. The Morgan fingerprint density at radius 2 is 1.97 bits per heavy atom. The molecule has 0 aromatic heterocycles. The van der Waals surface area contributed by atoms with Gasteiger partial charge in [-0.25, -0.2) is 0 Å². The average Bonchev–Trinajstić information content (AvgIpc) is 2.99. The van der Waals surface area contributed by atoms with Crippen LogP contribution in [0, 0.1) is 0 Å². The van der Waals surface area contributed by atoms with Gasteiger partial charge in [0.25, 0.3) is 0 Å². The van der Waals surface area contributed by atoms with Crippen molar-refractivity contribution in [3.63, 3.8) is 0 Å². The highest BCUT2D eigenvalue weighted by molar-refractivity contribution is 7.80. The summed E-state index contributed by atoms with van der Waals surface area (Å²) in [5, 5.41) is 4.13. The third kappa shape index (κ3) is 4.72. The van der Waals surface area contributed by atoms with Crippen LogP contribution in [-0.2, 0) is 19.7 Å². The number of nitrogens with one attached hydrogen (secondary N) is 1. The number of esters is 1. The van der Waals surface area contributed by atoms with Crippen LogP contribution in [0.4, 0.5) is 5.69 Å². The Labute approximate surface area is 221 Å². The number of thiocarbonyl (C=S) groups is 1. The number of fused-ring (bicyclic) bond motifs is 2. The fraction of sp³-hybridized carbons (Fsp3) is 0.370. The number of nitrogens with zero attached hydrogens (tertiary/aromatic N) is 1. The number of anilines is 1. The normalized spacial score (nSPS) is 21.7. The summed E-state index contributed by atoms with van der Waals surface area (Å²) in [4.78, 5) is 29.1. The number of piperidine rings is 1. The summed E-state index contributed by atoms with van der Waals surface area (Å²) in [6.07, 6.45) is 0.939. The van der Waals surface area contributed by atoms with Crippen molar-refractivity contribution in [3.05, 3.63) is 64.2 Å². The quantitative estimate of drug-likeness (QED) is 0.275. The van der Waals surface area contributed by atoms with Crippen LogP contribution in [0.25, 0.3) is 11.1 Å². The van der Waals surface area contributed by atoms with Crippen LogP contribution in [0.1, 0.15) is 46.1 Å². The Hall–Kier alpha value is -2.41. The highest BCUT2D eigenvalue weighted by atomic mass is 35.5. The van der Waals surface area contributed by atoms with Gasteiger partial charge in [-0.3, -0.25) is 9.59 Å². The minimum atomic E-state index is -1.02.